The molecule has 2 unspecified atom stereocenters. The van der Waals surface area contributed by atoms with Crippen LogP contribution in [0.4, 0.5) is 5.69 Å². The zero-order valence-electron chi connectivity index (χ0n) is 32.2. The van der Waals surface area contributed by atoms with Crippen molar-refractivity contribution in [2.24, 2.45) is 0 Å². The van der Waals surface area contributed by atoms with Gasteiger partial charge in [0.1, 0.15) is 6.61 Å². The summed E-state index contributed by atoms with van der Waals surface area (Å²) in [5, 5.41) is 9.16. The molecule has 2 atom stereocenters. The number of rotatable bonds is 29. The highest BCUT2D eigenvalue weighted by Gasteiger charge is 2.24. The Morgan fingerprint density at radius 3 is 1.91 bits per heavy atom. The number of unbranched alkanes of at least 4 members (excludes halogenated alkanes) is 7. The van der Waals surface area contributed by atoms with E-state index in [1.54, 1.807) is 13.8 Å². The fourth-order valence-corrected chi connectivity index (χ4v) is 6.63. The maximum Gasteiger partial charge on any atom is 0.510 e. The van der Waals surface area contributed by atoms with Crippen LogP contribution in [0.15, 0.2) is 47.7 Å². The van der Waals surface area contributed by atoms with Gasteiger partial charge in [0.15, 0.2) is 5.66 Å². The Kier molecular flexibility index (Phi) is 22.6. The summed E-state index contributed by atoms with van der Waals surface area (Å²) >= 11 is 0. The van der Waals surface area contributed by atoms with Crippen molar-refractivity contribution in [2.45, 2.75) is 135 Å². The molecule has 296 valence electrons. The number of nitrogens with one attached hydrogen (secondary N) is 3. The summed E-state index contributed by atoms with van der Waals surface area (Å²) in [4.78, 5) is 58.6. The Bertz CT molecular complexity index is 1440. The summed E-state index contributed by atoms with van der Waals surface area (Å²) < 4.78 is 33.8. The molecule has 0 heterocycles. The standard InChI is InChI=1S/C39H61N3O9P2/c1-30(2)52(47)50-26-13-7-5-11-24-40-38(45)18-10-9-16-32-20-22-34(23-21-32)42-35-29-37(44)36(43)28-33(35)17-15-19-39(46)41-25-12-6-8-14-27-51-53(48,49)31(3)4/h20-23,28-31H,5-19,24-27H2,1-4H3,(H3-,40,41,42,44,45,46,48,49)/p+1. The Labute approximate surface area is 317 Å². The van der Waals surface area contributed by atoms with Crippen molar-refractivity contribution >= 4 is 44.7 Å². The first-order valence-electron chi connectivity index (χ1n) is 19.2. The van der Waals surface area contributed by atoms with E-state index in [9.17, 15) is 33.2 Å². The Hall–Kier alpha value is -3.01. The van der Waals surface area contributed by atoms with Crippen molar-refractivity contribution < 1.29 is 42.2 Å². The predicted molar refractivity (Wildman–Crippen MR) is 210 cm³/mol. The Balaban J connectivity index is 1.61. The van der Waals surface area contributed by atoms with Crippen molar-refractivity contribution in [1.82, 2.24) is 10.6 Å². The quantitative estimate of drug-likeness (QED) is 0.0269. The monoisotopic (exact) mass is 778 g/mol. The van der Waals surface area contributed by atoms with E-state index in [0.29, 0.717) is 63.1 Å². The highest BCUT2D eigenvalue weighted by atomic mass is 31.2. The minimum absolute atomic E-state index is 0.0469. The summed E-state index contributed by atoms with van der Waals surface area (Å²) in [6.45, 7) is 9.05. The van der Waals surface area contributed by atoms with Crippen molar-refractivity contribution in [2.75, 3.05) is 31.6 Å². The van der Waals surface area contributed by atoms with E-state index in [-0.39, 0.29) is 24.1 Å². The highest BCUT2D eigenvalue weighted by molar-refractivity contribution is 7.53. The van der Waals surface area contributed by atoms with E-state index >= 15 is 0 Å². The van der Waals surface area contributed by atoms with Crippen LogP contribution in [0.3, 0.4) is 0 Å². The molecule has 0 saturated carbocycles. The minimum Gasteiger partial charge on any atom is -0.356 e. The second kappa shape index (κ2) is 25.9. The van der Waals surface area contributed by atoms with Crippen LogP contribution in [0.25, 0.3) is 0 Å². The number of amides is 2. The number of allylic oxidation sites excluding steroid dienone is 3. The zero-order valence-corrected chi connectivity index (χ0v) is 34.0. The van der Waals surface area contributed by atoms with Crippen molar-refractivity contribution in [1.29, 1.82) is 0 Å². The molecule has 0 aromatic heterocycles. The van der Waals surface area contributed by atoms with Gasteiger partial charge in [-0.05, 0) is 106 Å². The van der Waals surface area contributed by atoms with Gasteiger partial charge >= 0.3 is 15.6 Å². The van der Waals surface area contributed by atoms with Crippen LogP contribution in [0.5, 0.6) is 0 Å². The molecule has 14 heteroatoms. The van der Waals surface area contributed by atoms with Crippen LogP contribution in [-0.2, 0) is 43.8 Å². The van der Waals surface area contributed by atoms with E-state index in [2.05, 4.69) is 16.0 Å². The highest BCUT2D eigenvalue weighted by Crippen LogP contribution is 2.47. The van der Waals surface area contributed by atoms with E-state index in [1.807, 2.05) is 38.1 Å². The van der Waals surface area contributed by atoms with Crippen molar-refractivity contribution in [3.05, 3.63) is 53.3 Å². The van der Waals surface area contributed by atoms with E-state index < -0.39 is 32.8 Å². The fourth-order valence-electron chi connectivity index (χ4n) is 5.33. The number of carbonyl (C=O) groups is 4. The first-order chi connectivity index (χ1) is 25.3. The number of ketones is 2. The lowest BCUT2D eigenvalue weighted by molar-refractivity contribution is -0.131. The molecule has 2 rings (SSSR count). The van der Waals surface area contributed by atoms with E-state index in [1.165, 1.54) is 12.2 Å². The van der Waals surface area contributed by atoms with E-state index in [0.717, 1.165) is 75.5 Å². The van der Waals surface area contributed by atoms with Crippen molar-refractivity contribution in [3.63, 3.8) is 0 Å². The molecule has 0 radical (unpaired) electrons. The third kappa shape index (κ3) is 20.3. The second-order valence-corrected chi connectivity index (χ2v) is 18.4. The Morgan fingerprint density at radius 1 is 0.736 bits per heavy atom. The summed E-state index contributed by atoms with van der Waals surface area (Å²) in [6.07, 6.45) is 13.9. The first kappa shape index (κ1) is 46.1. The average Bonchev–Trinajstić information content (AvgIpc) is 3.11. The van der Waals surface area contributed by atoms with Gasteiger partial charge in [-0.15, -0.1) is 4.52 Å². The van der Waals surface area contributed by atoms with Crippen LogP contribution in [-0.4, -0.2) is 65.9 Å². The number of hydrogen-bond donors (Lipinski definition) is 4. The van der Waals surface area contributed by atoms with Crippen LogP contribution >= 0.6 is 15.6 Å². The smallest absolute Gasteiger partial charge is 0.356 e. The molecular weight excluding hydrogens is 716 g/mol. The van der Waals surface area contributed by atoms with Gasteiger partial charge in [-0.2, -0.15) is 0 Å². The molecule has 0 fully saturated rings. The first-order valence-corrected chi connectivity index (χ1v) is 22.1. The normalized spacial score (nSPS) is 14.5. The summed E-state index contributed by atoms with van der Waals surface area (Å²) in [7, 11) is -5.09. The van der Waals surface area contributed by atoms with Crippen molar-refractivity contribution in [3.8, 4) is 0 Å². The van der Waals surface area contributed by atoms with Gasteiger partial charge in [0.2, 0.25) is 23.4 Å². The predicted octanol–water partition coefficient (Wildman–Crippen LogP) is 8.07. The number of hydrogen-bond acceptors (Lipinski definition) is 9. The molecular formula is C39H62N3O9P2+. The van der Waals surface area contributed by atoms with Gasteiger partial charge in [-0.3, -0.25) is 23.7 Å². The number of benzene rings is 1. The molecule has 0 saturated heterocycles. The summed E-state index contributed by atoms with van der Waals surface area (Å²) in [5.41, 5.74) is 2.78. The lowest BCUT2D eigenvalue weighted by atomic mass is 9.96. The largest absolute Gasteiger partial charge is 0.510 e. The maximum absolute atomic E-state index is 12.4. The van der Waals surface area contributed by atoms with Gasteiger partial charge in [0, 0.05) is 43.4 Å². The minimum atomic E-state index is -3.52. The molecule has 2 amide bonds. The molecule has 4 N–H and O–H groups in total. The molecule has 53 heavy (non-hydrogen) atoms. The lowest BCUT2D eigenvalue weighted by Crippen LogP contribution is -2.24. The second-order valence-electron chi connectivity index (χ2n) is 14.1. The van der Waals surface area contributed by atoms with Gasteiger partial charge in [0.25, 0.3) is 0 Å². The van der Waals surface area contributed by atoms with Gasteiger partial charge < -0.3 is 25.4 Å². The maximum atomic E-state index is 12.4. The molecule has 0 aliphatic heterocycles. The van der Waals surface area contributed by atoms with Crippen LogP contribution in [0.1, 0.15) is 123 Å². The van der Waals surface area contributed by atoms with E-state index in [4.69, 9.17) is 9.05 Å². The number of carbonyl (C=O) groups excluding carboxylic acids is 4. The van der Waals surface area contributed by atoms with Gasteiger partial charge in [-0.1, -0.05) is 51.7 Å². The molecule has 1 aliphatic carbocycles. The SMILES string of the molecule is CC(C)[P+](=O)OCCCCCCNC(=O)CCCCc1ccc(NC2=CC(=O)C(=O)C=C2CCCC(=O)NCCCCCCOP(=O)(O)C(C)C)cc1. The molecule has 1 aliphatic rings. The lowest BCUT2D eigenvalue weighted by Gasteiger charge is -2.18. The molecule has 1 aromatic carbocycles. The third-order valence-corrected chi connectivity index (χ3v) is 11.9. The molecule has 1 aromatic rings. The topological polar surface area (TPSA) is 177 Å². The Morgan fingerprint density at radius 2 is 1.30 bits per heavy atom. The fraction of sp³-hybridized carbons (Fsp3) is 0.641. The molecule has 0 spiro atoms. The van der Waals surface area contributed by atoms with Crippen LogP contribution in [0.2, 0.25) is 0 Å². The van der Waals surface area contributed by atoms with Crippen LogP contribution < -0.4 is 16.0 Å². The number of anilines is 1. The summed E-state index contributed by atoms with van der Waals surface area (Å²) in [6, 6.07) is 7.86. The zero-order chi connectivity index (χ0) is 39.1. The molecule has 0 bridgehead atoms. The average molecular weight is 779 g/mol. The van der Waals surface area contributed by atoms with Gasteiger partial charge in [0.05, 0.1) is 12.3 Å². The third-order valence-electron chi connectivity index (χ3n) is 8.73. The molecule has 12 nitrogen and oxygen atoms in total. The van der Waals surface area contributed by atoms with Crippen LogP contribution in [0, 0.1) is 0 Å². The van der Waals surface area contributed by atoms with Gasteiger partial charge in [-0.25, -0.2) is 0 Å². The summed E-state index contributed by atoms with van der Waals surface area (Å²) in [5.74, 6) is -1.17. The number of aryl methyl sites for hydroxylation is 1.